The Kier molecular flexibility index (Phi) is 5.26. The molecule has 0 spiro atoms. The Morgan fingerprint density at radius 3 is 2.60 bits per heavy atom. The second-order valence-electron chi connectivity index (χ2n) is 5.63. The van der Waals surface area contributed by atoms with Crippen LogP contribution in [0.25, 0.3) is 22.6 Å². The molecule has 128 valence electrons. The fourth-order valence-corrected chi connectivity index (χ4v) is 2.64. The summed E-state index contributed by atoms with van der Waals surface area (Å²) in [5.41, 5.74) is 3.43. The number of hydrogen-bond acceptors (Lipinski definition) is 4. The van der Waals surface area contributed by atoms with Crippen molar-refractivity contribution >= 4 is 5.97 Å². The van der Waals surface area contributed by atoms with Crippen molar-refractivity contribution in [2.24, 2.45) is 0 Å². The van der Waals surface area contributed by atoms with E-state index in [1.54, 1.807) is 6.92 Å². The second-order valence-corrected chi connectivity index (χ2v) is 5.63. The topological polar surface area (TPSA) is 72.6 Å². The summed E-state index contributed by atoms with van der Waals surface area (Å²) in [6.07, 6.45) is -0.544. The molecular weight excluding hydrogens is 318 g/mol. The number of carbonyl (C=O) groups is 1. The number of hydrogen-bond donors (Lipinski definition) is 1. The maximum absolute atomic E-state index is 11.3. The normalized spacial score (nSPS) is 12.0. The average Bonchev–Trinajstić information content (AvgIpc) is 3.12. The van der Waals surface area contributed by atoms with Crippen LogP contribution in [-0.4, -0.2) is 28.9 Å². The Hall–Kier alpha value is -2.92. The average molecular weight is 337 g/mol. The predicted molar refractivity (Wildman–Crippen MR) is 94.1 cm³/mol. The van der Waals surface area contributed by atoms with E-state index < -0.39 is 12.1 Å². The van der Waals surface area contributed by atoms with Gasteiger partial charge >= 0.3 is 5.97 Å². The lowest BCUT2D eigenvalue weighted by molar-refractivity contribution is -0.149. The molecule has 0 saturated heterocycles. The maximum Gasteiger partial charge on any atom is 0.333 e. The van der Waals surface area contributed by atoms with Crippen LogP contribution in [0.15, 0.2) is 65.2 Å². The molecule has 0 saturated carbocycles. The molecule has 0 amide bonds. The van der Waals surface area contributed by atoms with Gasteiger partial charge in [0.25, 0.3) is 0 Å². The predicted octanol–water partition coefficient (Wildman–Crippen LogP) is 4.04. The summed E-state index contributed by atoms with van der Waals surface area (Å²) in [6.45, 7) is 2.15. The Morgan fingerprint density at radius 2 is 1.88 bits per heavy atom. The van der Waals surface area contributed by atoms with Crippen LogP contribution in [0.2, 0.25) is 0 Å². The first kappa shape index (κ1) is 16.9. The Morgan fingerprint density at radius 1 is 1.12 bits per heavy atom. The zero-order valence-electron chi connectivity index (χ0n) is 13.9. The van der Waals surface area contributed by atoms with Crippen LogP contribution < -0.4 is 0 Å². The van der Waals surface area contributed by atoms with Crippen LogP contribution in [0.3, 0.4) is 0 Å². The fraction of sp³-hybridized carbons (Fsp3) is 0.200. The van der Waals surface area contributed by atoms with E-state index in [0.717, 1.165) is 16.7 Å². The number of benzene rings is 2. The molecule has 0 bridgehead atoms. The Labute approximate surface area is 145 Å². The minimum absolute atomic E-state index is 0.306. The third kappa shape index (κ3) is 4.14. The lowest BCUT2D eigenvalue weighted by Gasteiger charge is -2.12. The van der Waals surface area contributed by atoms with E-state index in [1.165, 1.54) is 0 Å². The Balaban J connectivity index is 1.82. The number of aromatic nitrogens is 1. The van der Waals surface area contributed by atoms with Gasteiger partial charge in [-0.3, -0.25) is 0 Å². The lowest BCUT2D eigenvalue weighted by atomic mass is 10.0. The highest BCUT2D eigenvalue weighted by Gasteiger charge is 2.18. The standard InChI is InChI=1S/C20H19NO4/c1-2-24-19(20(22)23)12-14-7-6-10-16(11-14)17-13-18(25-21-17)15-8-4-3-5-9-15/h3-11,13,19H,2,12H2,1H3,(H,22,23)/t19-/m1/s1. The molecule has 2 aromatic carbocycles. The molecule has 0 aliphatic carbocycles. The summed E-state index contributed by atoms with van der Waals surface area (Å²) >= 11 is 0. The first-order valence-corrected chi connectivity index (χ1v) is 8.13. The van der Waals surface area contributed by atoms with Gasteiger partial charge in [-0.1, -0.05) is 53.7 Å². The number of carboxylic acids is 1. The molecular formula is C20H19NO4. The van der Waals surface area contributed by atoms with E-state index in [-0.39, 0.29) is 0 Å². The summed E-state index contributed by atoms with van der Waals surface area (Å²) < 4.78 is 10.7. The van der Waals surface area contributed by atoms with E-state index in [0.29, 0.717) is 24.5 Å². The third-order valence-corrected chi connectivity index (χ3v) is 3.86. The van der Waals surface area contributed by atoms with Crippen LogP contribution in [0.1, 0.15) is 12.5 Å². The molecule has 25 heavy (non-hydrogen) atoms. The van der Waals surface area contributed by atoms with Crippen molar-refractivity contribution in [1.29, 1.82) is 0 Å². The molecule has 0 unspecified atom stereocenters. The number of nitrogens with zero attached hydrogens (tertiary/aromatic N) is 1. The van der Waals surface area contributed by atoms with Crippen LogP contribution >= 0.6 is 0 Å². The molecule has 0 aliphatic heterocycles. The van der Waals surface area contributed by atoms with E-state index in [4.69, 9.17) is 9.26 Å². The maximum atomic E-state index is 11.3. The highest BCUT2D eigenvalue weighted by Crippen LogP contribution is 2.26. The SMILES string of the molecule is CCO[C@H](Cc1cccc(-c2cc(-c3ccccc3)on2)c1)C(=O)O. The van der Waals surface area contributed by atoms with E-state index in [2.05, 4.69) is 5.16 Å². The molecule has 5 nitrogen and oxygen atoms in total. The van der Waals surface area contributed by atoms with Gasteiger partial charge in [0.2, 0.25) is 0 Å². The largest absolute Gasteiger partial charge is 0.479 e. The summed E-state index contributed by atoms with van der Waals surface area (Å²) in [5, 5.41) is 13.4. The van der Waals surface area contributed by atoms with E-state index >= 15 is 0 Å². The molecule has 1 N–H and O–H groups in total. The molecule has 0 radical (unpaired) electrons. The molecule has 0 fully saturated rings. The van der Waals surface area contributed by atoms with Gasteiger partial charge in [-0.05, 0) is 18.6 Å². The van der Waals surface area contributed by atoms with Gasteiger partial charge in [0, 0.05) is 30.2 Å². The molecule has 1 aromatic heterocycles. The van der Waals surface area contributed by atoms with Crippen molar-refractivity contribution in [3.8, 4) is 22.6 Å². The highest BCUT2D eigenvalue weighted by atomic mass is 16.5. The third-order valence-electron chi connectivity index (χ3n) is 3.86. The molecule has 5 heteroatoms. The van der Waals surface area contributed by atoms with Gasteiger partial charge in [0.05, 0.1) is 0 Å². The van der Waals surface area contributed by atoms with Crippen molar-refractivity contribution in [3.05, 3.63) is 66.2 Å². The molecule has 3 rings (SSSR count). The van der Waals surface area contributed by atoms with Gasteiger partial charge in [0.1, 0.15) is 5.69 Å². The monoisotopic (exact) mass is 337 g/mol. The molecule has 1 atom stereocenters. The van der Waals surface area contributed by atoms with Crippen LogP contribution in [0, 0.1) is 0 Å². The zero-order chi connectivity index (χ0) is 17.6. The first-order valence-electron chi connectivity index (χ1n) is 8.13. The Bertz CT molecular complexity index is 842. The van der Waals surface area contributed by atoms with E-state index in [1.807, 2.05) is 60.7 Å². The van der Waals surface area contributed by atoms with Gasteiger partial charge in [0.15, 0.2) is 11.9 Å². The van der Waals surface area contributed by atoms with Gasteiger partial charge < -0.3 is 14.4 Å². The quantitative estimate of drug-likeness (QED) is 0.704. The number of aliphatic carboxylic acids is 1. The number of carboxylic acid groups (broad SMARTS) is 1. The summed E-state index contributed by atoms with van der Waals surface area (Å²) in [5.74, 6) is -0.265. The minimum Gasteiger partial charge on any atom is -0.479 e. The molecule has 1 heterocycles. The van der Waals surface area contributed by atoms with E-state index in [9.17, 15) is 9.90 Å². The van der Waals surface area contributed by atoms with Crippen LogP contribution in [-0.2, 0) is 16.0 Å². The van der Waals surface area contributed by atoms with Crippen molar-refractivity contribution in [3.63, 3.8) is 0 Å². The molecule has 0 aliphatic rings. The first-order chi connectivity index (χ1) is 12.2. The van der Waals surface area contributed by atoms with Crippen molar-refractivity contribution in [2.75, 3.05) is 6.61 Å². The van der Waals surface area contributed by atoms with Crippen molar-refractivity contribution in [2.45, 2.75) is 19.4 Å². The van der Waals surface area contributed by atoms with Gasteiger partial charge in [-0.25, -0.2) is 4.79 Å². The van der Waals surface area contributed by atoms with Crippen LogP contribution in [0.5, 0.6) is 0 Å². The smallest absolute Gasteiger partial charge is 0.333 e. The summed E-state index contributed by atoms with van der Waals surface area (Å²) in [6, 6.07) is 19.2. The van der Waals surface area contributed by atoms with Gasteiger partial charge in [-0.2, -0.15) is 0 Å². The summed E-state index contributed by atoms with van der Waals surface area (Å²) in [7, 11) is 0. The highest BCUT2D eigenvalue weighted by molar-refractivity contribution is 5.73. The zero-order valence-corrected chi connectivity index (χ0v) is 13.9. The fourth-order valence-electron chi connectivity index (χ4n) is 2.64. The summed E-state index contributed by atoms with van der Waals surface area (Å²) in [4.78, 5) is 11.3. The van der Waals surface area contributed by atoms with Gasteiger partial charge in [-0.15, -0.1) is 0 Å². The van der Waals surface area contributed by atoms with Crippen LogP contribution in [0.4, 0.5) is 0 Å². The minimum atomic E-state index is -0.958. The van der Waals surface area contributed by atoms with Crippen molar-refractivity contribution in [1.82, 2.24) is 5.16 Å². The number of rotatable bonds is 7. The number of ether oxygens (including phenoxy) is 1. The second kappa shape index (κ2) is 7.77. The molecule has 3 aromatic rings. The van der Waals surface area contributed by atoms with Crippen molar-refractivity contribution < 1.29 is 19.2 Å². The lowest BCUT2D eigenvalue weighted by Crippen LogP contribution is -2.26.